The largest absolute Gasteiger partial charge is 0.477 e. The molecule has 0 saturated carbocycles. The van der Waals surface area contributed by atoms with Gasteiger partial charge in [-0.2, -0.15) is 11.8 Å². The third-order valence-corrected chi connectivity index (χ3v) is 10.4. The van der Waals surface area contributed by atoms with Crippen molar-refractivity contribution in [2.24, 2.45) is 10.9 Å². The maximum atomic E-state index is 13.0. The number of aromatic nitrogens is 2. The Morgan fingerprint density at radius 3 is 2.87 bits per heavy atom. The summed E-state index contributed by atoms with van der Waals surface area (Å²) in [6.07, 6.45) is 4.27. The second kappa shape index (κ2) is 12.7. The molecule has 4 rings (SSSR count). The van der Waals surface area contributed by atoms with Crippen LogP contribution in [0, 0.1) is 4.91 Å². The van der Waals surface area contributed by atoms with E-state index in [0.717, 1.165) is 38.9 Å². The van der Waals surface area contributed by atoms with Crippen molar-refractivity contribution in [1.82, 2.24) is 20.2 Å². The Labute approximate surface area is 238 Å². The molecule has 2 aliphatic rings. The van der Waals surface area contributed by atoms with Crippen molar-refractivity contribution < 1.29 is 19.5 Å². The molecule has 2 aromatic rings. The number of rotatable bonds is 12. The van der Waals surface area contributed by atoms with Gasteiger partial charge >= 0.3 is 5.97 Å². The molecule has 1 unspecified atom stereocenters. The second-order valence-corrected chi connectivity index (χ2v) is 13.0. The average molecular weight is 616 g/mol. The summed E-state index contributed by atoms with van der Waals surface area (Å²) in [4.78, 5) is 60.1. The number of fused-ring (bicyclic) bond motifs is 1. The third kappa shape index (κ3) is 5.94. The summed E-state index contributed by atoms with van der Waals surface area (Å²) in [7, 11) is 0. The number of hydrogen-bond acceptors (Lipinski definition) is 13. The number of nitrogens with zero attached hydrogens (tertiary/aromatic N) is 4. The number of thioether (sulfide) groups is 3. The predicted octanol–water partition coefficient (Wildman–Crippen LogP) is 2.65. The number of β-lactam (4-membered cyclic amide) rings is 1. The lowest BCUT2D eigenvalue weighted by Crippen LogP contribution is -2.70. The number of nitrogens with two attached hydrogens (primary N) is 2. The van der Waals surface area contributed by atoms with Crippen LogP contribution >= 0.6 is 58.2 Å². The summed E-state index contributed by atoms with van der Waals surface area (Å²) in [6, 6.07) is -0.820. The fourth-order valence-corrected chi connectivity index (χ4v) is 8.34. The minimum absolute atomic E-state index is 0.0434. The van der Waals surface area contributed by atoms with Gasteiger partial charge in [-0.15, -0.1) is 16.7 Å². The van der Waals surface area contributed by atoms with Crippen LogP contribution in [-0.4, -0.2) is 67.2 Å². The third-order valence-electron chi connectivity index (χ3n) is 5.51. The summed E-state index contributed by atoms with van der Waals surface area (Å²) < 4.78 is 0.0434. The lowest BCUT2D eigenvalue weighted by Gasteiger charge is -2.49. The quantitative estimate of drug-likeness (QED) is 0.155. The monoisotopic (exact) mass is 615 g/mol. The molecule has 12 nitrogen and oxygen atoms in total. The van der Waals surface area contributed by atoms with Crippen molar-refractivity contribution in [2.75, 3.05) is 23.8 Å². The molecule has 2 aromatic heterocycles. The molecule has 0 bridgehead atoms. The summed E-state index contributed by atoms with van der Waals surface area (Å²) in [6.45, 7) is 0.611. The predicted molar refractivity (Wildman–Crippen MR) is 150 cm³/mol. The van der Waals surface area contributed by atoms with Crippen molar-refractivity contribution in [3.05, 3.63) is 49.6 Å². The van der Waals surface area contributed by atoms with Gasteiger partial charge < -0.3 is 21.9 Å². The summed E-state index contributed by atoms with van der Waals surface area (Å²) in [5.41, 5.74) is 11.9. The first-order valence-corrected chi connectivity index (χ1v) is 15.3. The SMILES string of the molecule is NCCCSCc1cnccc1SC1=C(C(=O)O)N2C(=O)[C@@H](NC(=O)C(N=O)c3nc(N)sc3Cl)[C@@H]2SC1. The van der Waals surface area contributed by atoms with Gasteiger partial charge in [-0.25, -0.2) is 9.78 Å². The molecule has 38 heavy (non-hydrogen) atoms. The van der Waals surface area contributed by atoms with E-state index in [9.17, 15) is 24.4 Å². The van der Waals surface area contributed by atoms with E-state index in [4.69, 9.17) is 23.1 Å². The first-order valence-electron chi connectivity index (χ1n) is 11.1. The molecule has 0 aliphatic carbocycles. The van der Waals surface area contributed by atoms with E-state index in [-0.39, 0.29) is 20.9 Å². The number of pyridine rings is 1. The Balaban J connectivity index is 1.50. The van der Waals surface area contributed by atoms with Gasteiger partial charge in [-0.05, 0) is 35.5 Å². The highest BCUT2D eigenvalue weighted by Crippen LogP contribution is 2.46. The molecule has 0 radical (unpaired) electrons. The Morgan fingerprint density at radius 2 is 2.21 bits per heavy atom. The molecular formula is C21H22ClN7O5S4. The van der Waals surface area contributed by atoms with E-state index in [2.05, 4.69) is 20.5 Å². The second-order valence-electron chi connectivity index (χ2n) is 7.97. The number of amides is 2. The zero-order chi connectivity index (χ0) is 27.4. The van der Waals surface area contributed by atoms with E-state index in [1.807, 2.05) is 6.07 Å². The van der Waals surface area contributed by atoms with Crippen LogP contribution in [0.2, 0.25) is 4.34 Å². The van der Waals surface area contributed by atoms with Gasteiger partial charge in [0.2, 0.25) is 6.04 Å². The molecule has 1 saturated heterocycles. The first-order chi connectivity index (χ1) is 18.3. The molecule has 3 atom stereocenters. The molecule has 4 heterocycles. The van der Waals surface area contributed by atoms with Crippen LogP contribution in [-0.2, 0) is 20.1 Å². The molecule has 1 fully saturated rings. The topological polar surface area (TPSA) is 194 Å². The highest BCUT2D eigenvalue weighted by atomic mass is 35.5. The Morgan fingerprint density at radius 1 is 1.42 bits per heavy atom. The number of anilines is 1. The molecule has 202 valence electrons. The van der Waals surface area contributed by atoms with Crippen LogP contribution in [0.4, 0.5) is 5.13 Å². The lowest BCUT2D eigenvalue weighted by atomic mass is 10.0. The number of carboxylic acid groups (broad SMARTS) is 1. The molecular weight excluding hydrogens is 594 g/mol. The van der Waals surface area contributed by atoms with Gasteiger partial charge in [0, 0.05) is 33.7 Å². The Bertz CT molecular complexity index is 1290. The number of carbonyl (C=O) groups is 3. The molecule has 17 heteroatoms. The van der Waals surface area contributed by atoms with Crippen LogP contribution in [0.25, 0.3) is 0 Å². The molecule has 2 aliphatic heterocycles. The minimum Gasteiger partial charge on any atom is -0.477 e. The summed E-state index contributed by atoms with van der Waals surface area (Å²) in [5, 5.41) is 14.7. The van der Waals surface area contributed by atoms with Crippen LogP contribution < -0.4 is 16.8 Å². The van der Waals surface area contributed by atoms with E-state index in [0.29, 0.717) is 23.0 Å². The highest BCUT2D eigenvalue weighted by Gasteiger charge is 2.55. The van der Waals surface area contributed by atoms with Gasteiger partial charge in [0.25, 0.3) is 11.8 Å². The average Bonchev–Trinajstić information content (AvgIpc) is 3.23. The number of carboxylic acids is 1. The molecule has 6 N–H and O–H groups in total. The normalized spacial score (nSPS) is 19.5. The Kier molecular flexibility index (Phi) is 9.54. The zero-order valence-corrected chi connectivity index (χ0v) is 23.6. The van der Waals surface area contributed by atoms with Gasteiger partial charge in [-0.1, -0.05) is 34.7 Å². The maximum Gasteiger partial charge on any atom is 0.353 e. The summed E-state index contributed by atoms with van der Waals surface area (Å²) in [5.74, 6) is -0.834. The molecule has 2 amide bonds. The highest BCUT2D eigenvalue weighted by molar-refractivity contribution is 8.06. The van der Waals surface area contributed by atoms with Crippen molar-refractivity contribution in [1.29, 1.82) is 0 Å². The van der Waals surface area contributed by atoms with Crippen LogP contribution in [0.5, 0.6) is 0 Å². The van der Waals surface area contributed by atoms with Crippen molar-refractivity contribution in [2.45, 2.75) is 34.5 Å². The van der Waals surface area contributed by atoms with Crippen LogP contribution in [0.3, 0.4) is 0 Å². The number of hydrogen-bond donors (Lipinski definition) is 4. The number of nitroso groups, excluding NO2 is 1. The van der Waals surface area contributed by atoms with Crippen molar-refractivity contribution >= 4 is 81.1 Å². The van der Waals surface area contributed by atoms with E-state index in [1.165, 1.54) is 23.5 Å². The fraction of sp³-hybridized carbons (Fsp3) is 0.381. The molecule has 0 aromatic carbocycles. The Hall–Kier alpha value is -2.37. The van der Waals surface area contributed by atoms with E-state index >= 15 is 0 Å². The number of carbonyl (C=O) groups excluding carboxylic acids is 2. The summed E-state index contributed by atoms with van der Waals surface area (Å²) >= 11 is 11.2. The number of thiazole rings is 1. The van der Waals surface area contributed by atoms with E-state index < -0.39 is 35.2 Å². The number of halogens is 1. The van der Waals surface area contributed by atoms with Crippen molar-refractivity contribution in [3.63, 3.8) is 0 Å². The minimum atomic E-state index is -1.60. The number of nitrogen functional groups attached to an aromatic ring is 1. The van der Waals surface area contributed by atoms with E-state index in [1.54, 1.807) is 24.2 Å². The fourth-order valence-electron chi connectivity index (χ4n) is 3.74. The van der Waals surface area contributed by atoms with Crippen LogP contribution in [0.1, 0.15) is 23.7 Å². The maximum absolute atomic E-state index is 13.0. The lowest BCUT2D eigenvalue weighted by molar-refractivity contribution is -0.150. The first kappa shape index (κ1) is 28.6. The van der Waals surface area contributed by atoms with Gasteiger partial charge in [0.15, 0.2) is 5.13 Å². The van der Waals surface area contributed by atoms with Crippen LogP contribution in [0.15, 0.2) is 39.1 Å². The smallest absolute Gasteiger partial charge is 0.353 e. The van der Waals surface area contributed by atoms with Gasteiger partial charge in [0.05, 0.1) is 0 Å². The van der Waals surface area contributed by atoms with Crippen molar-refractivity contribution in [3.8, 4) is 0 Å². The standard InChI is InChI=1S/C21H22ClN7O5S4/c22-16-12(27-21(24)38-16)13(28-34)17(30)26-14-18(31)29-15(20(32)33)11(8-36-19(14)29)37-10-2-4-25-6-9(10)7-35-5-1-3-23/h2,4,6,13-14,19H,1,3,5,7-8,23H2,(H2,24,27)(H,26,30)(H,32,33)/t13?,14-,19+/m1/s1. The number of nitrogens with one attached hydrogen (secondary N) is 1. The molecule has 0 spiro atoms. The van der Waals surface area contributed by atoms with Gasteiger partial charge in [0.1, 0.15) is 27.1 Å². The number of aliphatic carboxylic acids is 1. The zero-order valence-electron chi connectivity index (χ0n) is 19.5. The van der Waals surface area contributed by atoms with Gasteiger partial charge in [-0.3, -0.25) is 19.5 Å².